The number of ether oxygens (including phenoxy) is 1. The van der Waals surface area contributed by atoms with Gasteiger partial charge in [-0.1, -0.05) is 18.7 Å². The van der Waals surface area contributed by atoms with E-state index in [0.29, 0.717) is 5.92 Å². The van der Waals surface area contributed by atoms with Gasteiger partial charge in [0.25, 0.3) is 0 Å². The Balaban J connectivity index is 1.93. The molecule has 1 fully saturated rings. The SMILES string of the molecule is C=C(C(=O)O)C(=O)OC1CC2C=CC1C2. The van der Waals surface area contributed by atoms with Gasteiger partial charge >= 0.3 is 11.9 Å². The summed E-state index contributed by atoms with van der Waals surface area (Å²) in [5, 5.41) is 8.54. The summed E-state index contributed by atoms with van der Waals surface area (Å²) < 4.78 is 5.10. The lowest BCUT2D eigenvalue weighted by atomic mass is 10.0. The van der Waals surface area contributed by atoms with E-state index in [4.69, 9.17) is 9.84 Å². The Morgan fingerprint density at radius 1 is 1.33 bits per heavy atom. The minimum absolute atomic E-state index is 0.163. The number of hydrogen-bond donors (Lipinski definition) is 1. The molecule has 0 radical (unpaired) electrons. The quantitative estimate of drug-likeness (QED) is 0.248. The van der Waals surface area contributed by atoms with Crippen molar-refractivity contribution in [2.45, 2.75) is 18.9 Å². The van der Waals surface area contributed by atoms with Crippen LogP contribution in [0.2, 0.25) is 0 Å². The van der Waals surface area contributed by atoms with Gasteiger partial charge in [-0.3, -0.25) is 0 Å². The average Bonchev–Trinajstić information content (AvgIpc) is 2.77. The lowest BCUT2D eigenvalue weighted by Crippen LogP contribution is -2.25. The second-order valence-corrected chi connectivity index (χ2v) is 4.01. The third kappa shape index (κ3) is 1.79. The Labute approximate surface area is 87.2 Å². The van der Waals surface area contributed by atoms with Gasteiger partial charge in [0, 0.05) is 5.92 Å². The lowest BCUT2D eigenvalue weighted by molar-refractivity contribution is -0.149. The Morgan fingerprint density at radius 3 is 2.53 bits per heavy atom. The molecule has 3 atom stereocenters. The van der Waals surface area contributed by atoms with E-state index in [9.17, 15) is 9.59 Å². The third-order valence-corrected chi connectivity index (χ3v) is 2.98. The Kier molecular flexibility index (Phi) is 2.34. The number of fused-ring (bicyclic) bond motifs is 2. The number of carboxylic acids is 1. The summed E-state index contributed by atoms with van der Waals surface area (Å²) >= 11 is 0. The van der Waals surface area contributed by atoms with Crippen LogP contribution in [0.3, 0.4) is 0 Å². The summed E-state index contributed by atoms with van der Waals surface area (Å²) in [6.07, 6.45) is 5.82. The number of carbonyl (C=O) groups is 2. The maximum Gasteiger partial charge on any atom is 0.345 e. The van der Waals surface area contributed by atoms with Crippen LogP contribution in [0, 0.1) is 11.8 Å². The van der Waals surface area contributed by atoms with E-state index in [-0.39, 0.29) is 12.0 Å². The predicted molar refractivity (Wildman–Crippen MR) is 52.0 cm³/mol. The molecule has 0 saturated heterocycles. The highest BCUT2D eigenvalue weighted by molar-refractivity contribution is 6.12. The monoisotopic (exact) mass is 208 g/mol. The van der Waals surface area contributed by atoms with Crippen molar-refractivity contribution in [2.24, 2.45) is 11.8 Å². The number of hydrogen-bond acceptors (Lipinski definition) is 3. The van der Waals surface area contributed by atoms with Crippen LogP contribution < -0.4 is 0 Å². The molecule has 0 heterocycles. The molecule has 80 valence electrons. The van der Waals surface area contributed by atoms with Crippen molar-refractivity contribution in [3.63, 3.8) is 0 Å². The smallest absolute Gasteiger partial charge is 0.345 e. The van der Waals surface area contributed by atoms with E-state index in [1.165, 1.54) is 0 Å². The van der Waals surface area contributed by atoms with E-state index in [1.54, 1.807) is 0 Å². The number of esters is 1. The van der Waals surface area contributed by atoms with Crippen LogP contribution in [-0.4, -0.2) is 23.1 Å². The zero-order chi connectivity index (χ0) is 11.0. The molecular weight excluding hydrogens is 196 g/mol. The molecule has 3 unspecified atom stereocenters. The topological polar surface area (TPSA) is 63.6 Å². The lowest BCUT2D eigenvalue weighted by Gasteiger charge is -2.18. The first kappa shape index (κ1) is 9.96. The van der Waals surface area contributed by atoms with Crippen LogP contribution in [0.1, 0.15) is 12.8 Å². The fourth-order valence-electron chi connectivity index (χ4n) is 2.16. The van der Waals surface area contributed by atoms with E-state index in [0.717, 1.165) is 12.8 Å². The second-order valence-electron chi connectivity index (χ2n) is 4.01. The Hall–Kier alpha value is -1.58. The Bertz CT molecular complexity index is 356. The molecule has 0 amide bonds. The van der Waals surface area contributed by atoms with Crippen LogP contribution in [0.15, 0.2) is 24.3 Å². The van der Waals surface area contributed by atoms with E-state index in [2.05, 4.69) is 12.7 Å². The fourth-order valence-corrected chi connectivity index (χ4v) is 2.16. The van der Waals surface area contributed by atoms with Gasteiger partial charge in [0.2, 0.25) is 0 Å². The molecule has 2 bridgehead atoms. The first-order chi connectivity index (χ1) is 7.08. The maximum atomic E-state index is 11.3. The molecule has 4 nitrogen and oxygen atoms in total. The van der Waals surface area contributed by atoms with E-state index in [1.807, 2.05) is 6.08 Å². The van der Waals surface area contributed by atoms with Gasteiger partial charge < -0.3 is 9.84 Å². The van der Waals surface area contributed by atoms with Gasteiger partial charge in [-0.05, 0) is 18.8 Å². The molecule has 15 heavy (non-hydrogen) atoms. The third-order valence-electron chi connectivity index (χ3n) is 2.98. The summed E-state index contributed by atoms with van der Waals surface area (Å²) in [6.45, 7) is 3.17. The molecule has 2 aliphatic rings. The fraction of sp³-hybridized carbons (Fsp3) is 0.455. The highest BCUT2D eigenvalue weighted by Crippen LogP contribution is 2.40. The van der Waals surface area contributed by atoms with Crippen LogP contribution in [0.25, 0.3) is 0 Å². The number of rotatable bonds is 3. The minimum Gasteiger partial charge on any atom is -0.477 e. The standard InChI is InChI=1S/C11H12O4/c1-6(10(12)13)11(14)15-9-5-7-2-3-8(9)4-7/h2-3,7-9H,1,4-5H2,(H,12,13). The van der Waals surface area contributed by atoms with Crippen molar-refractivity contribution >= 4 is 11.9 Å². The van der Waals surface area contributed by atoms with E-state index >= 15 is 0 Å². The molecule has 1 saturated carbocycles. The Morgan fingerprint density at radius 2 is 2.07 bits per heavy atom. The van der Waals surface area contributed by atoms with Gasteiger partial charge in [-0.2, -0.15) is 0 Å². The normalized spacial score (nSPS) is 31.6. The molecule has 0 aliphatic heterocycles. The molecule has 0 aromatic rings. The van der Waals surface area contributed by atoms with Gasteiger partial charge in [0.1, 0.15) is 11.7 Å². The largest absolute Gasteiger partial charge is 0.477 e. The molecule has 4 heteroatoms. The van der Waals surface area contributed by atoms with Crippen LogP contribution in [0.4, 0.5) is 0 Å². The first-order valence-corrected chi connectivity index (χ1v) is 4.89. The zero-order valence-corrected chi connectivity index (χ0v) is 8.18. The van der Waals surface area contributed by atoms with Crippen LogP contribution >= 0.6 is 0 Å². The van der Waals surface area contributed by atoms with Gasteiger partial charge in [-0.15, -0.1) is 0 Å². The first-order valence-electron chi connectivity index (χ1n) is 4.89. The summed E-state index contributed by atoms with van der Waals surface area (Å²) in [4.78, 5) is 21.8. The van der Waals surface area contributed by atoms with Gasteiger partial charge in [-0.25, -0.2) is 9.59 Å². The second kappa shape index (κ2) is 3.53. The van der Waals surface area contributed by atoms with Crippen LogP contribution in [-0.2, 0) is 14.3 Å². The summed E-state index contributed by atoms with van der Waals surface area (Å²) in [5.41, 5.74) is -0.498. The molecule has 1 N–H and O–H groups in total. The average molecular weight is 208 g/mol. The van der Waals surface area contributed by atoms with Crippen molar-refractivity contribution in [3.05, 3.63) is 24.3 Å². The van der Waals surface area contributed by atoms with Crippen molar-refractivity contribution < 1.29 is 19.4 Å². The summed E-state index contributed by atoms with van der Waals surface area (Å²) in [6, 6.07) is 0. The molecule has 2 aliphatic carbocycles. The van der Waals surface area contributed by atoms with Crippen molar-refractivity contribution in [1.29, 1.82) is 0 Å². The molecule has 0 aromatic carbocycles. The van der Waals surface area contributed by atoms with Crippen molar-refractivity contribution in [3.8, 4) is 0 Å². The number of allylic oxidation sites excluding steroid dienone is 1. The zero-order valence-electron chi connectivity index (χ0n) is 8.18. The minimum atomic E-state index is -1.32. The summed E-state index contributed by atoms with van der Waals surface area (Å²) in [7, 11) is 0. The van der Waals surface area contributed by atoms with E-state index < -0.39 is 17.5 Å². The predicted octanol–water partition coefficient (Wildman–Crippen LogP) is 1.14. The molecule has 0 spiro atoms. The summed E-state index contributed by atoms with van der Waals surface area (Å²) in [5.74, 6) is -1.38. The van der Waals surface area contributed by atoms with Crippen molar-refractivity contribution in [1.82, 2.24) is 0 Å². The number of carboxylic acid groups (broad SMARTS) is 1. The van der Waals surface area contributed by atoms with Crippen molar-refractivity contribution in [2.75, 3.05) is 0 Å². The number of carbonyl (C=O) groups excluding carboxylic acids is 1. The number of aliphatic carboxylic acids is 1. The molecule has 0 aromatic heterocycles. The van der Waals surface area contributed by atoms with Gasteiger partial charge in [0.15, 0.2) is 0 Å². The van der Waals surface area contributed by atoms with Crippen LogP contribution in [0.5, 0.6) is 0 Å². The maximum absolute atomic E-state index is 11.3. The molecule has 2 rings (SSSR count). The highest BCUT2D eigenvalue weighted by Gasteiger charge is 2.38. The molecular formula is C11H12O4. The van der Waals surface area contributed by atoms with Gasteiger partial charge in [0.05, 0.1) is 0 Å². The highest BCUT2D eigenvalue weighted by atomic mass is 16.5.